The molecule has 0 radical (unpaired) electrons. The largest absolute Gasteiger partial charge is 0.340 e. The second-order valence-corrected chi connectivity index (χ2v) is 6.17. The minimum absolute atomic E-state index is 0.342. The van der Waals surface area contributed by atoms with E-state index >= 15 is 0 Å². The van der Waals surface area contributed by atoms with Crippen molar-refractivity contribution in [3.8, 4) is 0 Å². The van der Waals surface area contributed by atoms with Crippen molar-refractivity contribution < 1.29 is 23.9 Å². The van der Waals surface area contributed by atoms with Crippen molar-refractivity contribution in [2.24, 2.45) is 5.92 Å². The fourth-order valence-electron chi connectivity index (χ4n) is 3.06. The van der Waals surface area contributed by atoms with Gasteiger partial charge in [-0.05, 0) is 40.5 Å². The molecule has 5 nitrogen and oxygen atoms in total. The van der Waals surface area contributed by atoms with Gasteiger partial charge in [0, 0.05) is 5.92 Å². The summed E-state index contributed by atoms with van der Waals surface area (Å²) in [7, 11) is 0. The van der Waals surface area contributed by atoms with Crippen LogP contribution in [-0.2, 0) is 23.9 Å². The molecule has 23 heavy (non-hydrogen) atoms. The summed E-state index contributed by atoms with van der Waals surface area (Å²) < 4.78 is 5.67. The van der Waals surface area contributed by atoms with Gasteiger partial charge in [0.15, 0.2) is 34.8 Å². The molecule has 0 aromatic carbocycles. The molecule has 0 fully saturated rings. The van der Waals surface area contributed by atoms with Gasteiger partial charge in [0.1, 0.15) is 0 Å². The summed E-state index contributed by atoms with van der Waals surface area (Å²) in [6, 6.07) is 0. The summed E-state index contributed by atoms with van der Waals surface area (Å²) in [6.45, 7) is 9.01. The molecule has 132 valence electrons. The van der Waals surface area contributed by atoms with Crippen molar-refractivity contribution in [3.63, 3.8) is 0 Å². The summed E-state index contributed by atoms with van der Waals surface area (Å²) in [5.41, 5.74) is -1.72. The Balaban J connectivity index is 5.79. The number of Topliss-reactive ketones (excluding diaryl/α,β-unsaturated/α-hetero) is 4. The minimum atomic E-state index is -1.72. The van der Waals surface area contributed by atoms with Crippen LogP contribution >= 0.6 is 0 Å². The molecule has 0 spiro atoms. The minimum Gasteiger partial charge on any atom is -0.340 e. The van der Waals surface area contributed by atoms with Gasteiger partial charge in [-0.15, -0.1) is 0 Å². The zero-order valence-electron chi connectivity index (χ0n) is 15.2. The highest BCUT2D eigenvalue weighted by Gasteiger charge is 2.50. The number of ketones is 4. The quantitative estimate of drug-likeness (QED) is 0.407. The number of hydrogen-bond donors (Lipinski definition) is 0. The first-order valence-electron chi connectivity index (χ1n) is 8.35. The highest BCUT2D eigenvalue weighted by Crippen LogP contribution is 2.33. The van der Waals surface area contributed by atoms with Crippen LogP contribution in [0.3, 0.4) is 0 Å². The van der Waals surface area contributed by atoms with Crippen LogP contribution in [0, 0.1) is 5.92 Å². The summed E-state index contributed by atoms with van der Waals surface area (Å²) in [5.74, 6) is -2.22. The molecular formula is C18H30O5. The number of unbranched alkanes of at least 4 members (excludes halogenated alkanes) is 2. The number of rotatable bonds is 12. The maximum atomic E-state index is 12.4. The van der Waals surface area contributed by atoms with Crippen molar-refractivity contribution in [1.29, 1.82) is 0 Å². The Morgan fingerprint density at radius 1 is 0.870 bits per heavy atom. The Labute approximate surface area is 139 Å². The van der Waals surface area contributed by atoms with Crippen LogP contribution in [0.4, 0.5) is 0 Å². The Hall–Kier alpha value is -1.36. The van der Waals surface area contributed by atoms with Crippen LogP contribution in [0.5, 0.6) is 0 Å². The number of carbonyl (C=O) groups excluding carboxylic acids is 4. The molecule has 0 rings (SSSR count). The topological polar surface area (TPSA) is 77.5 Å². The fraction of sp³-hybridized carbons (Fsp3) is 0.778. The molecule has 0 saturated heterocycles. The number of carbonyl (C=O) groups is 4. The van der Waals surface area contributed by atoms with E-state index in [-0.39, 0.29) is 5.92 Å². The van der Waals surface area contributed by atoms with Gasteiger partial charge < -0.3 is 4.74 Å². The van der Waals surface area contributed by atoms with Crippen LogP contribution in [0.15, 0.2) is 0 Å². The van der Waals surface area contributed by atoms with E-state index in [1.54, 1.807) is 0 Å². The molecule has 5 heteroatoms. The van der Waals surface area contributed by atoms with E-state index in [1.165, 1.54) is 27.7 Å². The third kappa shape index (κ3) is 5.34. The molecule has 0 aliphatic carbocycles. The van der Waals surface area contributed by atoms with E-state index in [0.29, 0.717) is 12.8 Å². The highest BCUT2D eigenvalue weighted by molar-refractivity contribution is 6.10. The molecular weight excluding hydrogens is 296 g/mol. The van der Waals surface area contributed by atoms with E-state index in [1.807, 2.05) is 6.92 Å². The van der Waals surface area contributed by atoms with Gasteiger partial charge in [0.2, 0.25) is 0 Å². The second kappa shape index (κ2) is 9.71. The Morgan fingerprint density at radius 2 is 1.35 bits per heavy atom. The highest BCUT2D eigenvalue weighted by atomic mass is 16.5. The Morgan fingerprint density at radius 3 is 1.65 bits per heavy atom. The third-order valence-corrected chi connectivity index (χ3v) is 4.31. The van der Waals surface area contributed by atoms with Crippen LogP contribution in [-0.4, -0.2) is 34.8 Å². The molecule has 0 aromatic rings. The molecule has 1 atom stereocenters. The Bertz CT molecular complexity index is 424. The monoisotopic (exact) mass is 326 g/mol. The molecule has 0 aliphatic heterocycles. The molecule has 0 saturated carbocycles. The zero-order valence-corrected chi connectivity index (χ0v) is 15.2. The SMILES string of the molecule is CCCCCC(CC)C(OC(C(C)=O)C(C)=O)(C(C)=O)C(C)=O. The molecule has 0 N–H and O–H groups in total. The lowest BCUT2D eigenvalue weighted by Gasteiger charge is -2.38. The van der Waals surface area contributed by atoms with E-state index < -0.39 is 34.8 Å². The van der Waals surface area contributed by atoms with E-state index in [4.69, 9.17) is 4.74 Å². The molecule has 0 bridgehead atoms. The lowest BCUT2D eigenvalue weighted by molar-refractivity contribution is -0.177. The van der Waals surface area contributed by atoms with Gasteiger partial charge in [0.05, 0.1) is 0 Å². The van der Waals surface area contributed by atoms with Crippen molar-refractivity contribution >= 4 is 23.1 Å². The van der Waals surface area contributed by atoms with Crippen molar-refractivity contribution in [2.75, 3.05) is 0 Å². The normalized spacial score (nSPS) is 13.0. The molecule has 0 heterocycles. The smallest absolute Gasteiger partial charge is 0.187 e. The first-order chi connectivity index (χ1) is 10.6. The average Bonchev–Trinajstić information content (AvgIpc) is 2.44. The fourth-order valence-corrected chi connectivity index (χ4v) is 3.06. The molecule has 0 aliphatic rings. The molecule has 0 amide bonds. The van der Waals surface area contributed by atoms with Crippen molar-refractivity contribution in [2.45, 2.75) is 85.4 Å². The predicted molar refractivity (Wildman–Crippen MR) is 88.3 cm³/mol. The standard InChI is InChI=1S/C18H30O5/c1-7-9-10-11-16(8-2)18(14(5)21,15(6)22)23-17(12(3)19)13(4)20/h16-17H,7-11H2,1-6H3. The van der Waals surface area contributed by atoms with E-state index in [0.717, 1.165) is 19.3 Å². The van der Waals surface area contributed by atoms with Gasteiger partial charge in [-0.3, -0.25) is 19.2 Å². The average molecular weight is 326 g/mol. The maximum Gasteiger partial charge on any atom is 0.187 e. The van der Waals surface area contributed by atoms with Gasteiger partial charge in [0.25, 0.3) is 0 Å². The second-order valence-electron chi connectivity index (χ2n) is 6.17. The number of ether oxygens (including phenoxy) is 1. The van der Waals surface area contributed by atoms with Crippen molar-refractivity contribution in [3.05, 3.63) is 0 Å². The first kappa shape index (κ1) is 21.6. The van der Waals surface area contributed by atoms with Crippen molar-refractivity contribution in [1.82, 2.24) is 0 Å². The summed E-state index contributed by atoms with van der Waals surface area (Å²) >= 11 is 0. The Kier molecular flexibility index (Phi) is 9.13. The first-order valence-corrected chi connectivity index (χ1v) is 8.35. The van der Waals surface area contributed by atoms with Crippen LogP contribution in [0.2, 0.25) is 0 Å². The van der Waals surface area contributed by atoms with Crippen LogP contribution < -0.4 is 0 Å². The van der Waals surface area contributed by atoms with Gasteiger partial charge in [-0.2, -0.15) is 0 Å². The lowest BCUT2D eigenvalue weighted by atomic mass is 9.76. The van der Waals surface area contributed by atoms with Gasteiger partial charge in [-0.1, -0.05) is 33.1 Å². The van der Waals surface area contributed by atoms with Crippen LogP contribution in [0.1, 0.15) is 73.6 Å². The van der Waals surface area contributed by atoms with E-state index in [9.17, 15) is 19.2 Å². The number of hydrogen-bond acceptors (Lipinski definition) is 5. The zero-order chi connectivity index (χ0) is 18.2. The predicted octanol–water partition coefficient (Wildman–Crippen LogP) is 3.07. The summed E-state index contributed by atoms with van der Waals surface area (Å²) in [4.78, 5) is 48.1. The molecule has 0 aromatic heterocycles. The third-order valence-electron chi connectivity index (χ3n) is 4.31. The molecule has 1 unspecified atom stereocenters. The lowest BCUT2D eigenvalue weighted by Crippen LogP contribution is -2.56. The van der Waals surface area contributed by atoms with Crippen LogP contribution in [0.25, 0.3) is 0 Å². The van der Waals surface area contributed by atoms with E-state index in [2.05, 4.69) is 6.92 Å². The summed E-state index contributed by atoms with van der Waals surface area (Å²) in [5, 5.41) is 0. The summed E-state index contributed by atoms with van der Waals surface area (Å²) in [6.07, 6.45) is 2.71. The maximum absolute atomic E-state index is 12.4. The van der Waals surface area contributed by atoms with Gasteiger partial charge in [-0.25, -0.2) is 0 Å². The van der Waals surface area contributed by atoms with Gasteiger partial charge >= 0.3 is 0 Å².